The number of nitrogens with zero attached hydrogens (tertiary/aromatic N) is 1. The van der Waals surface area contributed by atoms with Crippen molar-refractivity contribution < 1.29 is 17.6 Å². The second kappa shape index (κ2) is 11.7. The number of benzene rings is 2. The summed E-state index contributed by atoms with van der Waals surface area (Å²) in [7, 11) is -3.56. The molecule has 2 N–H and O–H groups in total. The van der Waals surface area contributed by atoms with Gasteiger partial charge in [0.1, 0.15) is 5.82 Å². The zero-order valence-electron chi connectivity index (χ0n) is 17.5. The Labute approximate surface area is 188 Å². The molecule has 0 spiro atoms. The summed E-state index contributed by atoms with van der Waals surface area (Å²) >= 11 is 5.12. The first kappa shape index (κ1) is 24.6. The first-order chi connectivity index (χ1) is 14.8. The number of hydrogen-bond donors (Lipinski definition) is 2. The molecule has 0 aliphatic rings. The van der Waals surface area contributed by atoms with Crippen LogP contribution >= 0.6 is 12.2 Å². The number of thiocarbonyl (C=S) groups is 1. The van der Waals surface area contributed by atoms with Crippen LogP contribution in [0.4, 0.5) is 10.1 Å². The van der Waals surface area contributed by atoms with Crippen LogP contribution in [0.1, 0.15) is 32.3 Å². The predicted octanol–water partition coefficient (Wildman–Crippen LogP) is 4.16. The molecular formula is C22H26FN3O3S2. The van der Waals surface area contributed by atoms with Gasteiger partial charge in [0.05, 0.1) is 4.90 Å². The van der Waals surface area contributed by atoms with Crippen LogP contribution in [-0.4, -0.2) is 36.8 Å². The number of carbonyl (C=O) groups is 1. The third-order valence-corrected chi connectivity index (χ3v) is 6.35. The largest absolute Gasteiger partial charge is 0.332 e. The summed E-state index contributed by atoms with van der Waals surface area (Å²) in [6, 6.07) is 11.9. The Morgan fingerprint density at radius 1 is 1.03 bits per heavy atom. The van der Waals surface area contributed by atoms with Crippen LogP contribution in [0.3, 0.4) is 0 Å². The molecule has 31 heavy (non-hydrogen) atoms. The highest BCUT2D eigenvalue weighted by Gasteiger charge is 2.22. The number of carbonyl (C=O) groups excluding carboxylic acids is 1. The van der Waals surface area contributed by atoms with Gasteiger partial charge in [-0.3, -0.25) is 10.1 Å². The molecule has 0 unspecified atom stereocenters. The molecule has 0 heterocycles. The number of halogens is 1. The maximum Gasteiger partial charge on any atom is 0.250 e. The van der Waals surface area contributed by atoms with Crippen LogP contribution in [0.5, 0.6) is 0 Å². The number of rotatable bonds is 9. The topological polar surface area (TPSA) is 78.5 Å². The average Bonchev–Trinajstić information content (AvgIpc) is 2.73. The molecule has 9 heteroatoms. The lowest BCUT2D eigenvalue weighted by Gasteiger charge is -2.21. The Morgan fingerprint density at radius 2 is 1.61 bits per heavy atom. The van der Waals surface area contributed by atoms with E-state index in [1.165, 1.54) is 40.7 Å². The molecule has 0 fully saturated rings. The van der Waals surface area contributed by atoms with Gasteiger partial charge in [-0.05, 0) is 73.1 Å². The second-order valence-electron chi connectivity index (χ2n) is 6.76. The lowest BCUT2D eigenvalue weighted by Crippen LogP contribution is -2.33. The molecule has 0 atom stereocenters. The molecule has 2 rings (SSSR count). The third kappa shape index (κ3) is 7.54. The number of sulfonamides is 1. The minimum Gasteiger partial charge on any atom is -0.332 e. The highest BCUT2D eigenvalue weighted by atomic mass is 32.2. The predicted molar refractivity (Wildman–Crippen MR) is 126 cm³/mol. The van der Waals surface area contributed by atoms with Crippen LogP contribution < -0.4 is 10.6 Å². The van der Waals surface area contributed by atoms with Crippen molar-refractivity contribution in [3.05, 3.63) is 66.0 Å². The van der Waals surface area contributed by atoms with Crippen molar-refractivity contribution in [3.63, 3.8) is 0 Å². The molecule has 0 aliphatic carbocycles. The van der Waals surface area contributed by atoms with Gasteiger partial charge in [-0.2, -0.15) is 4.31 Å². The monoisotopic (exact) mass is 463 g/mol. The Kier molecular flexibility index (Phi) is 9.29. The summed E-state index contributed by atoms with van der Waals surface area (Å²) in [4.78, 5) is 12.2. The van der Waals surface area contributed by atoms with Gasteiger partial charge in [0, 0.05) is 24.9 Å². The first-order valence-corrected chi connectivity index (χ1v) is 11.8. The maximum atomic E-state index is 12.9. The number of nitrogens with one attached hydrogen (secondary N) is 2. The van der Waals surface area contributed by atoms with Gasteiger partial charge < -0.3 is 5.32 Å². The molecule has 166 valence electrons. The second-order valence-corrected chi connectivity index (χ2v) is 9.10. The van der Waals surface area contributed by atoms with E-state index in [4.69, 9.17) is 12.2 Å². The summed E-state index contributed by atoms with van der Waals surface area (Å²) in [5.74, 6) is -0.801. The lowest BCUT2D eigenvalue weighted by molar-refractivity contribution is -0.115. The van der Waals surface area contributed by atoms with Crippen molar-refractivity contribution in [3.8, 4) is 0 Å². The van der Waals surface area contributed by atoms with Gasteiger partial charge in [-0.25, -0.2) is 12.8 Å². The molecule has 0 saturated heterocycles. The van der Waals surface area contributed by atoms with E-state index in [9.17, 15) is 17.6 Å². The zero-order chi connectivity index (χ0) is 22.9. The van der Waals surface area contributed by atoms with E-state index in [0.29, 0.717) is 24.3 Å². The maximum absolute atomic E-state index is 12.9. The fraction of sp³-hybridized carbons (Fsp3) is 0.273. The van der Waals surface area contributed by atoms with Crippen LogP contribution in [-0.2, 0) is 14.8 Å². The molecule has 0 bridgehead atoms. The Hall–Kier alpha value is -2.62. The van der Waals surface area contributed by atoms with E-state index in [-0.39, 0.29) is 15.8 Å². The number of anilines is 1. The van der Waals surface area contributed by atoms with E-state index < -0.39 is 15.9 Å². The van der Waals surface area contributed by atoms with Crippen molar-refractivity contribution in [1.82, 2.24) is 9.62 Å². The van der Waals surface area contributed by atoms with Gasteiger partial charge >= 0.3 is 0 Å². The van der Waals surface area contributed by atoms with Crippen molar-refractivity contribution in [2.75, 3.05) is 18.4 Å². The molecule has 1 amide bonds. The van der Waals surface area contributed by atoms with Crippen molar-refractivity contribution in [2.24, 2.45) is 0 Å². The lowest BCUT2D eigenvalue weighted by atomic mass is 10.2. The minimum absolute atomic E-state index is 0.0722. The summed E-state index contributed by atoms with van der Waals surface area (Å²) in [5.41, 5.74) is 1.22. The molecule has 0 aliphatic heterocycles. The highest BCUT2D eigenvalue weighted by Crippen LogP contribution is 2.19. The summed E-state index contributed by atoms with van der Waals surface area (Å²) < 4.78 is 40.0. The third-order valence-electron chi connectivity index (χ3n) is 4.23. The van der Waals surface area contributed by atoms with Gasteiger partial charge in [-0.15, -0.1) is 0 Å². The van der Waals surface area contributed by atoms with Crippen LogP contribution in [0.25, 0.3) is 6.08 Å². The molecule has 0 aromatic heterocycles. The fourth-order valence-corrected chi connectivity index (χ4v) is 4.61. The molecule has 0 radical (unpaired) electrons. The smallest absolute Gasteiger partial charge is 0.250 e. The van der Waals surface area contributed by atoms with Gasteiger partial charge in [0.2, 0.25) is 15.9 Å². The summed E-state index contributed by atoms with van der Waals surface area (Å²) in [6.45, 7) is 4.82. The van der Waals surface area contributed by atoms with Gasteiger partial charge in [0.25, 0.3) is 0 Å². The molecule has 0 saturated carbocycles. The normalized spacial score (nSPS) is 11.6. The van der Waals surface area contributed by atoms with Gasteiger partial charge in [-0.1, -0.05) is 26.0 Å². The standard InChI is InChI=1S/C22H26FN3O3S2/c1-3-15-26(16-4-2)31(28,29)20-12-10-19(11-13-20)24-22(30)25-21(27)14-7-17-5-8-18(23)9-6-17/h5-14H,3-4,15-16H2,1-2H3,(H2,24,25,27,30)/b14-7+. The SMILES string of the molecule is CCCN(CCC)S(=O)(=O)c1ccc(NC(=S)NC(=O)/C=C/c2ccc(F)cc2)cc1. The first-order valence-electron chi connectivity index (χ1n) is 9.92. The number of amides is 1. The molecule has 2 aromatic carbocycles. The summed E-state index contributed by atoms with van der Waals surface area (Å²) in [5, 5.41) is 5.42. The summed E-state index contributed by atoms with van der Waals surface area (Å²) in [6.07, 6.45) is 4.30. The quantitative estimate of drug-likeness (QED) is 0.431. The van der Waals surface area contributed by atoms with E-state index in [1.54, 1.807) is 24.3 Å². The van der Waals surface area contributed by atoms with Crippen molar-refractivity contribution in [2.45, 2.75) is 31.6 Å². The van der Waals surface area contributed by atoms with E-state index >= 15 is 0 Å². The zero-order valence-corrected chi connectivity index (χ0v) is 19.1. The molecular weight excluding hydrogens is 437 g/mol. The Bertz CT molecular complexity index is 1010. The minimum atomic E-state index is -3.56. The van der Waals surface area contributed by atoms with Crippen molar-refractivity contribution in [1.29, 1.82) is 0 Å². The number of hydrogen-bond acceptors (Lipinski definition) is 4. The van der Waals surface area contributed by atoms with Crippen LogP contribution in [0.2, 0.25) is 0 Å². The molecule has 2 aromatic rings. The fourth-order valence-electron chi connectivity index (χ4n) is 2.77. The highest BCUT2D eigenvalue weighted by molar-refractivity contribution is 7.89. The van der Waals surface area contributed by atoms with Crippen molar-refractivity contribution >= 4 is 45.0 Å². The van der Waals surface area contributed by atoms with E-state index in [0.717, 1.165) is 12.8 Å². The Balaban J connectivity index is 1.96. The van der Waals surface area contributed by atoms with Crippen LogP contribution in [0.15, 0.2) is 59.5 Å². The van der Waals surface area contributed by atoms with E-state index in [2.05, 4.69) is 10.6 Å². The van der Waals surface area contributed by atoms with Crippen LogP contribution in [0, 0.1) is 5.82 Å². The van der Waals surface area contributed by atoms with E-state index in [1.807, 2.05) is 13.8 Å². The Morgan fingerprint density at radius 3 is 2.16 bits per heavy atom. The van der Waals surface area contributed by atoms with Gasteiger partial charge in [0.15, 0.2) is 5.11 Å². The molecule has 6 nitrogen and oxygen atoms in total. The average molecular weight is 464 g/mol.